The Kier molecular flexibility index (Phi) is 6.11. The Balaban J connectivity index is 1.56. The van der Waals surface area contributed by atoms with Crippen LogP contribution in [0.3, 0.4) is 0 Å². The summed E-state index contributed by atoms with van der Waals surface area (Å²) in [5.74, 6) is 3.79. The molecule has 0 bridgehead atoms. The summed E-state index contributed by atoms with van der Waals surface area (Å²) in [6, 6.07) is 0. The van der Waals surface area contributed by atoms with E-state index in [1.165, 1.54) is 50.5 Å². The molecule has 0 radical (unpaired) electrons. The van der Waals surface area contributed by atoms with Gasteiger partial charge in [0, 0.05) is 10.8 Å². The van der Waals surface area contributed by atoms with Crippen molar-refractivity contribution in [2.45, 2.75) is 98.8 Å². The topological polar surface area (TPSA) is 62.0 Å². The number of methoxy groups -OCH3 is 1. The summed E-state index contributed by atoms with van der Waals surface area (Å²) in [6.45, 7) is 21.3. The highest BCUT2D eigenvalue weighted by molar-refractivity contribution is 5.91. The molecular weight excluding hydrogens is 446 g/mol. The van der Waals surface area contributed by atoms with Crippen molar-refractivity contribution >= 4 is 5.71 Å². The second kappa shape index (κ2) is 8.35. The third kappa shape index (κ3) is 3.00. The van der Waals surface area contributed by atoms with Crippen molar-refractivity contribution < 1.29 is 15.1 Å². The number of aliphatic hydroxyl groups excluding tert-OH is 1. The first-order valence-corrected chi connectivity index (χ1v) is 14.6. The Bertz CT molecular complexity index is 972. The smallest absolute Gasteiger partial charge is 0.0948 e. The molecule has 5 fully saturated rings. The zero-order valence-electron chi connectivity index (χ0n) is 23.8. The summed E-state index contributed by atoms with van der Waals surface area (Å²) in [5, 5.41) is 24.1. The van der Waals surface area contributed by atoms with Gasteiger partial charge in [0.15, 0.2) is 0 Å². The molecule has 0 aromatic carbocycles. The van der Waals surface area contributed by atoms with Gasteiger partial charge in [0.2, 0.25) is 0 Å². The average molecular weight is 498 g/mol. The van der Waals surface area contributed by atoms with Gasteiger partial charge in [-0.2, -0.15) is 0 Å². The molecule has 202 valence electrons. The van der Waals surface area contributed by atoms with Crippen LogP contribution >= 0.6 is 0 Å². The van der Waals surface area contributed by atoms with E-state index < -0.39 is 5.41 Å². The largest absolute Gasteiger partial charge is 0.501 e. The molecule has 0 saturated heterocycles. The maximum atomic E-state index is 10.6. The van der Waals surface area contributed by atoms with Crippen LogP contribution in [0.4, 0.5) is 0 Å². The van der Waals surface area contributed by atoms with E-state index in [4.69, 9.17) is 4.74 Å². The predicted molar refractivity (Wildman–Crippen MR) is 146 cm³/mol. The predicted octanol–water partition coefficient (Wildman–Crippen LogP) is 7.61. The molecule has 4 heteroatoms. The van der Waals surface area contributed by atoms with E-state index in [2.05, 4.69) is 52.9 Å². The lowest BCUT2D eigenvalue weighted by atomic mass is 9.32. The number of oxime groups is 1. The average Bonchev–Trinajstić information content (AvgIpc) is 3.25. The lowest BCUT2D eigenvalue weighted by molar-refractivity contribution is -0.229. The number of allylic oxidation sites excluding steroid dienone is 2. The van der Waals surface area contributed by atoms with Gasteiger partial charge in [0.05, 0.1) is 25.2 Å². The Morgan fingerprint density at radius 3 is 2.28 bits per heavy atom. The van der Waals surface area contributed by atoms with Gasteiger partial charge in [-0.05, 0) is 117 Å². The van der Waals surface area contributed by atoms with Gasteiger partial charge in [0.25, 0.3) is 0 Å². The second-order valence-electron chi connectivity index (χ2n) is 14.6. The van der Waals surface area contributed by atoms with E-state index in [9.17, 15) is 10.3 Å². The van der Waals surface area contributed by atoms with Crippen LogP contribution in [0.15, 0.2) is 29.6 Å². The number of ether oxygens (including phenoxy) is 1. The highest BCUT2D eigenvalue weighted by Crippen LogP contribution is 2.78. The quantitative estimate of drug-likeness (QED) is 0.182. The molecule has 5 rings (SSSR count). The lowest BCUT2D eigenvalue weighted by Gasteiger charge is -2.72. The first-order valence-electron chi connectivity index (χ1n) is 14.6. The fourth-order valence-corrected chi connectivity index (χ4v) is 11.8. The van der Waals surface area contributed by atoms with Crippen molar-refractivity contribution in [2.75, 3.05) is 13.7 Å². The zero-order chi connectivity index (χ0) is 26.3. The maximum absolute atomic E-state index is 10.6. The van der Waals surface area contributed by atoms with E-state index >= 15 is 0 Å². The molecule has 4 unspecified atom stereocenters. The summed E-state index contributed by atoms with van der Waals surface area (Å²) in [5.41, 5.74) is 2.51. The summed E-state index contributed by atoms with van der Waals surface area (Å²) < 4.78 is 5.93. The van der Waals surface area contributed by atoms with Gasteiger partial charge in [-0.1, -0.05) is 51.6 Å². The fraction of sp³-hybridized carbons (Fsp3) is 0.844. The van der Waals surface area contributed by atoms with Crippen LogP contribution in [-0.2, 0) is 4.74 Å². The van der Waals surface area contributed by atoms with Crippen LogP contribution < -0.4 is 0 Å². The fourth-order valence-electron chi connectivity index (χ4n) is 11.8. The first-order chi connectivity index (χ1) is 16.9. The molecule has 36 heavy (non-hydrogen) atoms. The maximum Gasteiger partial charge on any atom is 0.0948 e. The summed E-state index contributed by atoms with van der Waals surface area (Å²) in [7, 11) is 1.82. The zero-order valence-corrected chi connectivity index (χ0v) is 23.8. The monoisotopic (exact) mass is 497 g/mol. The molecule has 5 aliphatic rings. The molecule has 2 N–H and O–H groups in total. The molecule has 0 spiro atoms. The molecule has 4 nitrogen and oxygen atoms in total. The minimum absolute atomic E-state index is 0.0694. The van der Waals surface area contributed by atoms with Gasteiger partial charge >= 0.3 is 0 Å². The van der Waals surface area contributed by atoms with Crippen molar-refractivity contribution in [3.05, 3.63) is 24.5 Å². The van der Waals surface area contributed by atoms with E-state index in [1.807, 2.05) is 7.11 Å². The van der Waals surface area contributed by atoms with Gasteiger partial charge in [0.1, 0.15) is 0 Å². The molecule has 0 aromatic heterocycles. The minimum Gasteiger partial charge on any atom is -0.501 e. The van der Waals surface area contributed by atoms with E-state index in [-0.39, 0.29) is 28.3 Å². The molecule has 5 saturated carbocycles. The van der Waals surface area contributed by atoms with Crippen LogP contribution in [0.25, 0.3) is 0 Å². The number of hydrogen-bond donors (Lipinski definition) is 2. The number of hydrogen-bond acceptors (Lipinski definition) is 4. The normalized spacial score (nSPS) is 53.1. The Morgan fingerprint density at radius 1 is 0.944 bits per heavy atom. The Hall–Kier alpha value is -1.29. The lowest BCUT2D eigenvalue weighted by Crippen LogP contribution is -2.67. The minimum atomic E-state index is -0.421. The SMILES string of the molecule is C=C(C)C1CC[C@]2(C(=C)OC)CC[C@]3(C)C(CCC4[C@@]5(C)CC/C(=N\O)[C@@](C)(CO)[C@@H]5CC[C@]43C)C12. The summed E-state index contributed by atoms with van der Waals surface area (Å²) in [4.78, 5) is 0. The molecule has 0 aromatic rings. The second-order valence-corrected chi connectivity index (χ2v) is 14.6. The van der Waals surface area contributed by atoms with Crippen LogP contribution in [-0.4, -0.2) is 29.7 Å². The molecule has 10 atom stereocenters. The van der Waals surface area contributed by atoms with E-state index in [0.717, 1.165) is 30.7 Å². The highest BCUT2D eigenvalue weighted by atomic mass is 16.5. The third-order valence-electron chi connectivity index (χ3n) is 13.9. The van der Waals surface area contributed by atoms with E-state index in [0.29, 0.717) is 29.6 Å². The molecule has 5 aliphatic carbocycles. The Morgan fingerprint density at radius 2 is 1.67 bits per heavy atom. The van der Waals surface area contributed by atoms with Gasteiger partial charge < -0.3 is 15.1 Å². The van der Waals surface area contributed by atoms with Crippen molar-refractivity contribution in [3.8, 4) is 0 Å². The van der Waals surface area contributed by atoms with Gasteiger partial charge in [-0.15, -0.1) is 0 Å². The molecule has 0 aliphatic heterocycles. The number of fused-ring (bicyclic) bond motifs is 7. The van der Waals surface area contributed by atoms with Gasteiger partial charge in [-0.25, -0.2) is 0 Å². The van der Waals surface area contributed by atoms with Crippen LogP contribution in [0.2, 0.25) is 0 Å². The van der Waals surface area contributed by atoms with Crippen molar-refractivity contribution in [3.63, 3.8) is 0 Å². The van der Waals surface area contributed by atoms with Crippen molar-refractivity contribution in [1.29, 1.82) is 0 Å². The molecule has 0 heterocycles. The van der Waals surface area contributed by atoms with Gasteiger partial charge in [-0.3, -0.25) is 0 Å². The number of nitrogens with zero attached hydrogens (tertiary/aromatic N) is 1. The number of aliphatic hydroxyl groups is 1. The molecular formula is C32H51NO3. The third-order valence-corrected chi connectivity index (χ3v) is 13.9. The van der Waals surface area contributed by atoms with Crippen molar-refractivity contribution in [2.24, 2.45) is 61.8 Å². The summed E-state index contributed by atoms with van der Waals surface area (Å²) >= 11 is 0. The highest BCUT2D eigenvalue weighted by Gasteiger charge is 2.71. The van der Waals surface area contributed by atoms with Crippen LogP contribution in [0.5, 0.6) is 0 Å². The number of rotatable bonds is 4. The summed E-state index contributed by atoms with van der Waals surface area (Å²) in [6.07, 6.45) is 11.5. The van der Waals surface area contributed by atoms with Crippen LogP contribution in [0.1, 0.15) is 98.8 Å². The van der Waals surface area contributed by atoms with Crippen molar-refractivity contribution in [1.82, 2.24) is 0 Å². The van der Waals surface area contributed by atoms with Crippen LogP contribution in [0, 0.1) is 56.7 Å². The Labute approximate surface area is 219 Å². The molecule has 0 amide bonds. The standard InChI is InChI=1S/C32H51NO3/c1-20(2)22-11-16-32(21(3)36-8)18-17-30(6)23(27(22)32)9-10-25-28(4)14-13-26(33-35)29(5,19-34)24(28)12-15-31(25,30)7/h22-25,27,34-35H,1,3,9-19H2,2,4-8H3/b33-26+/t22?,23?,24-,25?,27?,28+,29+,30-,31-,32-/m1/s1. The van der Waals surface area contributed by atoms with E-state index in [1.54, 1.807) is 0 Å². The first kappa shape index (κ1) is 26.3.